The monoisotopic (exact) mass is 306 g/mol. The van der Waals surface area contributed by atoms with E-state index in [1.165, 1.54) is 83.5 Å². The molecule has 2 aliphatic carbocycles. The van der Waals surface area contributed by atoms with Crippen LogP contribution in [0, 0.1) is 29.1 Å². The molecule has 0 N–H and O–H groups in total. The normalized spacial score (nSPS) is 36.3. The third-order valence-corrected chi connectivity index (χ3v) is 6.78. The Morgan fingerprint density at radius 1 is 0.636 bits per heavy atom. The van der Waals surface area contributed by atoms with E-state index in [2.05, 4.69) is 27.7 Å². The van der Waals surface area contributed by atoms with Gasteiger partial charge in [0.2, 0.25) is 0 Å². The summed E-state index contributed by atoms with van der Waals surface area (Å²) in [6.07, 6.45) is 19.4. The molecule has 0 saturated heterocycles. The van der Waals surface area contributed by atoms with Gasteiger partial charge in [-0.2, -0.15) is 0 Å². The lowest BCUT2D eigenvalue weighted by Crippen LogP contribution is -2.28. The first kappa shape index (κ1) is 18.3. The van der Waals surface area contributed by atoms with Crippen molar-refractivity contribution in [3.63, 3.8) is 0 Å². The van der Waals surface area contributed by atoms with Crippen molar-refractivity contribution in [3.05, 3.63) is 0 Å². The van der Waals surface area contributed by atoms with Crippen LogP contribution in [0.4, 0.5) is 0 Å². The fourth-order valence-corrected chi connectivity index (χ4v) is 5.69. The van der Waals surface area contributed by atoms with E-state index in [0.29, 0.717) is 5.41 Å². The Hall–Kier alpha value is 0. The Morgan fingerprint density at radius 3 is 1.86 bits per heavy atom. The van der Waals surface area contributed by atoms with Gasteiger partial charge in [0.15, 0.2) is 0 Å². The van der Waals surface area contributed by atoms with Crippen LogP contribution >= 0.6 is 0 Å². The van der Waals surface area contributed by atoms with Crippen LogP contribution in [0.15, 0.2) is 0 Å². The van der Waals surface area contributed by atoms with Crippen molar-refractivity contribution in [2.24, 2.45) is 29.1 Å². The molecule has 0 heterocycles. The molecule has 3 unspecified atom stereocenters. The first-order chi connectivity index (χ1) is 10.5. The quantitative estimate of drug-likeness (QED) is 0.467. The highest BCUT2D eigenvalue weighted by molar-refractivity contribution is 4.84. The maximum atomic E-state index is 2.59. The minimum atomic E-state index is 0.557. The number of hydrogen-bond donors (Lipinski definition) is 0. The molecule has 2 fully saturated rings. The van der Waals surface area contributed by atoms with Gasteiger partial charge >= 0.3 is 0 Å². The van der Waals surface area contributed by atoms with Crippen LogP contribution in [0.2, 0.25) is 0 Å². The molecule has 22 heavy (non-hydrogen) atoms. The van der Waals surface area contributed by atoms with E-state index in [1.54, 1.807) is 0 Å². The molecule has 130 valence electrons. The van der Waals surface area contributed by atoms with Crippen molar-refractivity contribution in [2.75, 3.05) is 0 Å². The van der Waals surface area contributed by atoms with Crippen LogP contribution in [-0.4, -0.2) is 0 Å². The predicted molar refractivity (Wildman–Crippen MR) is 99.1 cm³/mol. The van der Waals surface area contributed by atoms with E-state index in [1.807, 2.05) is 0 Å². The molecule has 2 saturated carbocycles. The predicted octanol–water partition coefficient (Wildman–Crippen LogP) is 7.62. The van der Waals surface area contributed by atoms with E-state index in [9.17, 15) is 0 Å². The largest absolute Gasteiger partial charge is 0.0625 e. The van der Waals surface area contributed by atoms with E-state index in [-0.39, 0.29) is 0 Å². The van der Waals surface area contributed by atoms with Crippen molar-refractivity contribution in [2.45, 2.75) is 111 Å². The molecular weight excluding hydrogens is 264 g/mol. The van der Waals surface area contributed by atoms with Gasteiger partial charge in [-0.25, -0.2) is 0 Å². The van der Waals surface area contributed by atoms with Gasteiger partial charge in [-0.05, 0) is 41.9 Å². The Morgan fingerprint density at radius 2 is 1.23 bits per heavy atom. The smallest absolute Gasteiger partial charge is 0.0349 e. The second-order valence-corrected chi connectivity index (χ2v) is 9.71. The number of rotatable bonds is 1. The zero-order valence-electron chi connectivity index (χ0n) is 16.0. The van der Waals surface area contributed by atoms with Gasteiger partial charge < -0.3 is 0 Å². The van der Waals surface area contributed by atoms with Crippen molar-refractivity contribution in [3.8, 4) is 0 Å². The summed E-state index contributed by atoms with van der Waals surface area (Å²) in [5.41, 5.74) is 0.557. The molecule has 0 aromatic heterocycles. The van der Waals surface area contributed by atoms with Crippen molar-refractivity contribution < 1.29 is 0 Å². The average molecular weight is 307 g/mol. The molecule has 0 nitrogen and oxygen atoms in total. The lowest BCUT2D eigenvalue weighted by Gasteiger charge is -2.38. The molecule has 0 aromatic carbocycles. The van der Waals surface area contributed by atoms with Gasteiger partial charge in [0.25, 0.3) is 0 Å². The Labute approximate surface area is 140 Å². The molecular formula is C22H42. The van der Waals surface area contributed by atoms with Gasteiger partial charge in [0.05, 0.1) is 0 Å². The van der Waals surface area contributed by atoms with Crippen LogP contribution in [0.5, 0.6) is 0 Å². The first-order valence-corrected chi connectivity index (χ1v) is 10.5. The molecule has 0 heteroatoms. The van der Waals surface area contributed by atoms with Crippen molar-refractivity contribution >= 4 is 0 Å². The van der Waals surface area contributed by atoms with Crippen LogP contribution in [0.25, 0.3) is 0 Å². The van der Waals surface area contributed by atoms with Crippen LogP contribution in [0.3, 0.4) is 0 Å². The van der Waals surface area contributed by atoms with Crippen molar-refractivity contribution in [1.82, 2.24) is 0 Å². The summed E-state index contributed by atoms with van der Waals surface area (Å²) < 4.78 is 0. The Balaban J connectivity index is 2.08. The molecule has 2 aliphatic rings. The SMILES string of the molecule is CC1CCCC(C)C(C2CCCCCCCC2)CC(C)(C)C1. The van der Waals surface area contributed by atoms with Gasteiger partial charge in [0.1, 0.15) is 0 Å². The summed E-state index contributed by atoms with van der Waals surface area (Å²) in [6.45, 7) is 10.2. The van der Waals surface area contributed by atoms with E-state index >= 15 is 0 Å². The van der Waals surface area contributed by atoms with E-state index < -0.39 is 0 Å². The van der Waals surface area contributed by atoms with E-state index in [4.69, 9.17) is 0 Å². The standard InChI is InChI=1S/C22H42/c1-18-12-11-13-19(2)21(17-22(3,4)16-18)20-14-9-7-5-6-8-10-15-20/h18-21H,5-17H2,1-4H3. The molecule has 0 amide bonds. The van der Waals surface area contributed by atoms with Gasteiger partial charge in [-0.15, -0.1) is 0 Å². The molecule has 0 spiro atoms. The second-order valence-electron chi connectivity index (χ2n) is 9.71. The van der Waals surface area contributed by atoms with E-state index in [0.717, 1.165) is 23.7 Å². The lowest BCUT2D eigenvalue weighted by molar-refractivity contribution is 0.124. The maximum absolute atomic E-state index is 2.59. The Bertz CT molecular complexity index is 293. The van der Waals surface area contributed by atoms with Crippen LogP contribution < -0.4 is 0 Å². The second kappa shape index (κ2) is 8.74. The molecule has 0 bridgehead atoms. The Kier molecular flexibility index (Phi) is 7.29. The summed E-state index contributed by atoms with van der Waals surface area (Å²) in [6, 6.07) is 0. The van der Waals surface area contributed by atoms with Gasteiger partial charge in [-0.1, -0.05) is 98.3 Å². The molecule has 0 radical (unpaired) electrons. The summed E-state index contributed by atoms with van der Waals surface area (Å²) in [4.78, 5) is 0. The zero-order valence-corrected chi connectivity index (χ0v) is 16.0. The topological polar surface area (TPSA) is 0 Å². The number of hydrogen-bond acceptors (Lipinski definition) is 0. The third-order valence-electron chi connectivity index (χ3n) is 6.78. The van der Waals surface area contributed by atoms with Crippen molar-refractivity contribution in [1.29, 1.82) is 0 Å². The highest BCUT2D eigenvalue weighted by atomic mass is 14.4. The minimum Gasteiger partial charge on any atom is -0.0625 e. The summed E-state index contributed by atoms with van der Waals surface area (Å²) in [7, 11) is 0. The summed E-state index contributed by atoms with van der Waals surface area (Å²) in [5, 5.41) is 0. The third kappa shape index (κ3) is 5.89. The summed E-state index contributed by atoms with van der Waals surface area (Å²) in [5.74, 6) is 3.91. The van der Waals surface area contributed by atoms with Crippen LogP contribution in [0.1, 0.15) is 111 Å². The molecule has 2 rings (SSSR count). The van der Waals surface area contributed by atoms with Crippen LogP contribution in [-0.2, 0) is 0 Å². The molecule has 0 aromatic rings. The molecule has 0 aliphatic heterocycles. The average Bonchev–Trinajstić information content (AvgIpc) is 2.59. The first-order valence-electron chi connectivity index (χ1n) is 10.5. The summed E-state index contributed by atoms with van der Waals surface area (Å²) >= 11 is 0. The van der Waals surface area contributed by atoms with Gasteiger partial charge in [0, 0.05) is 0 Å². The maximum Gasteiger partial charge on any atom is -0.0349 e. The minimum absolute atomic E-state index is 0.557. The highest BCUT2D eigenvalue weighted by Gasteiger charge is 2.34. The zero-order chi connectivity index (χ0) is 16.0. The fourth-order valence-electron chi connectivity index (χ4n) is 5.69. The fraction of sp³-hybridized carbons (Fsp3) is 1.00. The van der Waals surface area contributed by atoms with Gasteiger partial charge in [-0.3, -0.25) is 0 Å². The lowest BCUT2D eigenvalue weighted by atomic mass is 9.67. The molecule has 3 atom stereocenters. The highest BCUT2D eigenvalue weighted by Crippen LogP contribution is 2.45.